The smallest absolute Gasteiger partial charge is 0.227 e. The molecule has 32 heavy (non-hydrogen) atoms. The van der Waals surface area contributed by atoms with Gasteiger partial charge in [-0.1, -0.05) is 0 Å². The highest BCUT2D eigenvalue weighted by molar-refractivity contribution is 7.09. The van der Waals surface area contributed by atoms with Gasteiger partial charge in [-0.3, -0.25) is 0 Å². The van der Waals surface area contributed by atoms with Gasteiger partial charge in [0.05, 0.1) is 42.9 Å². The quantitative estimate of drug-likeness (QED) is 0.675. The van der Waals surface area contributed by atoms with Crippen molar-refractivity contribution in [3.63, 3.8) is 0 Å². The molecule has 4 fully saturated rings. The summed E-state index contributed by atoms with van der Waals surface area (Å²) >= 11 is 1.69. The first-order valence-electron chi connectivity index (χ1n) is 12.0. The number of thiophene rings is 1. The molecule has 0 spiro atoms. The van der Waals surface area contributed by atoms with Crippen molar-refractivity contribution in [1.29, 1.82) is 0 Å². The third-order valence-electron chi connectivity index (χ3n) is 7.09. The molecular formula is C23H32N4O4S. The van der Waals surface area contributed by atoms with Gasteiger partial charge >= 0.3 is 0 Å². The van der Waals surface area contributed by atoms with Crippen molar-refractivity contribution in [2.24, 2.45) is 0 Å². The summed E-state index contributed by atoms with van der Waals surface area (Å²) in [6.45, 7) is 6.47. The van der Waals surface area contributed by atoms with Crippen LogP contribution in [0.2, 0.25) is 0 Å². The number of aromatic nitrogens is 2. The Balaban J connectivity index is 1.12. The fourth-order valence-corrected chi connectivity index (χ4v) is 5.99. The maximum Gasteiger partial charge on any atom is 0.227 e. The van der Waals surface area contributed by atoms with E-state index in [0.29, 0.717) is 19.3 Å². The summed E-state index contributed by atoms with van der Waals surface area (Å²) in [5.74, 6) is 1.84. The molecular weight excluding hydrogens is 428 g/mol. The van der Waals surface area contributed by atoms with Crippen LogP contribution in [0.4, 0.5) is 11.8 Å². The molecule has 0 N–H and O–H groups in total. The number of fused-ring (bicyclic) bond motifs is 2. The fraction of sp³-hybridized carbons (Fsp3) is 0.739. The molecule has 8 nitrogen and oxygen atoms in total. The van der Waals surface area contributed by atoms with E-state index in [0.717, 1.165) is 81.3 Å². The standard InChI is InChI=1S/C23H32N4O4S/c1-2-8-28-17(3-1)13-31-16-4-6-26(7-5-16)23-24-19-15-32-14-18(19)22(25-23)27-11-20-21(12-27)30-10-9-29-20/h14-17,20-21H,1-13H2/t17?,20-,21+. The lowest BCUT2D eigenvalue weighted by molar-refractivity contribution is -0.116. The number of hydrogen-bond acceptors (Lipinski definition) is 9. The summed E-state index contributed by atoms with van der Waals surface area (Å²) in [6.07, 6.45) is 6.44. The Morgan fingerprint density at radius 1 is 0.906 bits per heavy atom. The molecule has 4 saturated heterocycles. The zero-order chi connectivity index (χ0) is 21.3. The number of rotatable bonds is 5. The Labute approximate surface area is 192 Å². The molecule has 4 aliphatic heterocycles. The SMILES string of the molecule is c1scc2c(N3C[C@@H]4OCCO[C@@H]4C3)nc(N3CCC(OCC4CCCCO4)CC3)nc12. The molecule has 2 aromatic heterocycles. The van der Waals surface area contributed by atoms with Crippen LogP contribution >= 0.6 is 11.3 Å². The van der Waals surface area contributed by atoms with E-state index in [9.17, 15) is 0 Å². The maximum absolute atomic E-state index is 6.20. The summed E-state index contributed by atoms with van der Waals surface area (Å²) in [5.41, 5.74) is 1.03. The third-order valence-corrected chi connectivity index (χ3v) is 7.82. The summed E-state index contributed by atoms with van der Waals surface area (Å²) in [4.78, 5) is 14.6. The van der Waals surface area contributed by atoms with E-state index >= 15 is 0 Å². The van der Waals surface area contributed by atoms with E-state index < -0.39 is 0 Å². The van der Waals surface area contributed by atoms with Crippen LogP contribution in [0.1, 0.15) is 32.1 Å². The first-order valence-corrected chi connectivity index (χ1v) is 13.0. The third kappa shape index (κ3) is 4.33. The monoisotopic (exact) mass is 460 g/mol. The van der Waals surface area contributed by atoms with E-state index in [1.807, 2.05) is 0 Å². The zero-order valence-corrected chi connectivity index (χ0v) is 19.3. The Hall–Kier alpha value is -1.52. The van der Waals surface area contributed by atoms with Crippen molar-refractivity contribution in [1.82, 2.24) is 9.97 Å². The van der Waals surface area contributed by atoms with Crippen molar-refractivity contribution in [2.75, 3.05) is 62.4 Å². The van der Waals surface area contributed by atoms with E-state index in [1.165, 1.54) is 12.8 Å². The Morgan fingerprint density at radius 2 is 1.72 bits per heavy atom. The highest BCUT2D eigenvalue weighted by atomic mass is 32.1. The normalized spacial score (nSPS) is 29.6. The minimum atomic E-state index is 0.136. The number of piperidine rings is 1. The Bertz CT molecular complexity index is 899. The van der Waals surface area contributed by atoms with Gasteiger partial charge in [0.2, 0.25) is 5.95 Å². The molecule has 4 aliphatic rings. The topological polar surface area (TPSA) is 69.2 Å². The predicted molar refractivity (Wildman–Crippen MR) is 124 cm³/mol. The lowest BCUT2D eigenvalue weighted by Gasteiger charge is -2.33. The molecule has 9 heteroatoms. The average molecular weight is 461 g/mol. The Kier molecular flexibility index (Phi) is 6.17. The van der Waals surface area contributed by atoms with E-state index in [4.69, 9.17) is 28.9 Å². The molecule has 0 radical (unpaired) electrons. The second-order valence-corrected chi connectivity index (χ2v) is 9.99. The molecule has 3 atom stereocenters. The molecule has 6 rings (SSSR count). The van der Waals surface area contributed by atoms with Crippen LogP contribution in [0.3, 0.4) is 0 Å². The summed E-state index contributed by atoms with van der Waals surface area (Å²) < 4.78 is 23.9. The highest BCUT2D eigenvalue weighted by Gasteiger charge is 2.38. The molecule has 6 heterocycles. The average Bonchev–Trinajstić information content (AvgIpc) is 3.50. The molecule has 0 aromatic carbocycles. The number of hydrogen-bond donors (Lipinski definition) is 0. The van der Waals surface area contributed by atoms with Crippen LogP contribution in [-0.4, -0.2) is 87.0 Å². The highest BCUT2D eigenvalue weighted by Crippen LogP contribution is 2.34. The number of nitrogens with zero attached hydrogens (tertiary/aromatic N) is 4. The van der Waals surface area contributed by atoms with Gasteiger partial charge in [0.1, 0.15) is 18.0 Å². The first kappa shape index (κ1) is 21.0. The lowest BCUT2D eigenvalue weighted by atomic mass is 10.1. The van der Waals surface area contributed by atoms with Gasteiger partial charge in [0, 0.05) is 43.5 Å². The van der Waals surface area contributed by atoms with E-state index in [1.54, 1.807) is 11.3 Å². The zero-order valence-electron chi connectivity index (χ0n) is 18.5. The van der Waals surface area contributed by atoms with Gasteiger partial charge < -0.3 is 28.7 Å². The predicted octanol–water partition coefficient (Wildman–Crippen LogP) is 2.85. The maximum atomic E-state index is 6.20. The molecule has 1 unspecified atom stereocenters. The van der Waals surface area contributed by atoms with Gasteiger partial charge in [-0.2, -0.15) is 4.98 Å². The van der Waals surface area contributed by atoms with Crippen LogP contribution < -0.4 is 9.80 Å². The largest absolute Gasteiger partial charge is 0.376 e. The lowest BCUT2D eigenvalue weighted by Crippen LogP contribution is -2.39. The van der Waals surface area contributed by atoms with Crippen molar-refractivity contribution in [3.05, 3.63) is 10.8 Å². The summed E-state index contributed by atoms with van der Waals surface area (Å²) in [6, 6.07) is 0. The van der Waals surface area contributed by atoms with Gasteiger partial charge in [-0.25, -0.2) is 4.98 Å². The second-order valence-electron chi connectivity index (χ2n) is 9.25. The van der Waals surface area contributed by atoms with Crippen molar-refractivity contribution in [3.8, 4) is 0 Å². The minimum Gasteiger partial charge on any atom is -0.376 e. The molecule has 0 saturated carbocycles. The van der Waals surface area contributed by atoms with Gasteiger partial charge in [-0.05, 0) is 32.1 Å². The van der Waals surface area contributed by atoms with Crippen molar-refractivity contribution in [2.45, 2.75) is 56.5 Å². The van der Waals surface area contributed by atoms with Crippen LogP contribution in [0.25, 0.3) is 10.9 Å². The van der Waals surface area contributed by atoms with Crippen molar-refractivity contribution >= 4 is 34.0 Å². The van der Waals surface area contributed by atoms with Crippen LogP contribution in [0, 0.1) is 0 Å². The van der Waals surface area contributed by atoms with Crippen LogP contribution in [0.15, 0.2) is 10.8 Å². The molecule has 2 aromatic rings. The van der Waals surface area contributed by atoms with Gasteiger partial charge in [0.25, 0.3) is 0 Å². The summed E-state index contributed by atoms with van der Waals surface area (Å²) in [5, 5.41) is 5.41. The van der Waals surface area contributed by atoms with E-state index in [-0.39, 0.29) is 18.3 Å². The van der Waals surface area contributed by atoms with Gasteiger partial charge in [0.15, 0.2) is 0 Å². The second kappa shape index (κ2) is 9.38. The number of anilines is 2. The van der Waals surface area contributed by atoms with Crippen molar-refractivity contribution < 1.29 is 18.9 Å². The molecule has 174 valence electrons. The minimum absolute atomic E-state index is 0.136. The van der Waals surface area contributed by atoms with Gasteiger partial charge in [-0.15, -0.1) is 11.3 Å². The van der Waals surface area contributed by atoms with Crippen LogP contribution in [-0.2, 0) is 18.9 Å². The summed E-state index contributed by atoms with van der Waals surface area (Å²) in [7, 11) is 0. The molecule has 0 amide bonds. The Morgan fingerprint density at radius 3 is 2.47 bits per heavy atom. The molecule has 0 aliphatic carbocycles. The number of ether oxygens (including phenoxy) is 4. The fourth-order valence-electron chi connectivity index (χ4n) is 5.26. The molecule has 0 bridgehead atoms. The first-order chi connectivity index (χ1) is 15.8. The van der Waals surface area contributed by atoms with E-state index in [2.05, 4.69) is 20.6 Å². The van der Waals surface area contributed by atoms with Crippen LogP contribution in [0.5, 0.6) is 0 Å².